The van der Waals surface area contributed by atoms with Crippen LogP contribution in [-0.2, 0) is 7.05 Å². The molecule has 0 unspecified atom stereocenters. The molecule has 2 aromatic carbocycles. The summed E-state index contributed by atoms with van der Waals surface area (Å²) in [6, 6.07) is 13.1. The summed E-state index contributed by atoms with van der Waals surface area (Å²) in [7, 11) is 1.89. The number of hydrogen-bond acceptors (Lipinski definition) is 3. The molecule has 1 aromatic heterocycles. The molecule has 6 heteroatoms. The van der Waals surface area contributed by atoms with Gasteiger partial charge in [0.15, 0.2) is 0 Å². The van der Waals surface area contributed by atoms with Gasteiger partial charge >= 0.3 is 0 Å². The summed E-state index contributed by atoms with van der Waals surface area (Å²) < 4.78 is 7.79. The summed E-state index contributed by atoms with van der Waals surface area (Å²) in [5.41, 5.74) is 1.68. The summed E-state index contributed by atoms with van der Waals surface area (Å²) >= 11 is 5.90. The third-order valence-corrected chi connectivity index (χ3v) is 5.09. The smallest absolute Gasteiger partial charge is 0.253 e. The van der Waals surface area contributed by atoms with Crippen molar-refractivity contribution < 1.29 is 9.53 Å². The molecule has 0 aliphatic carbocycles. The first-order valence-corrected chi connectivity index (χ1v) is 9.11. The van der Waals surface area contributed by atoms with Crippen molar-refractivity contribution in [2.75, 3.05) is 13.1 Å². The van der Waals surface area contributed by atoms with Gasteiger partial charge in [0.25, 0.3) is 5.91 Å². The molecule has 1 fully saturated rings. The minimum atomic E-state index is 0.0676. The molecule has 134 valence electrons. The van der Waals surface area contributed by atoms with E-state index in [4.69, 9.17) is 16.3 Å². The average molecular weight is 370 g/mol. The predicted octanol–water partition coefficient (Wildman–Crippen LogP) is 3.91. The fraction of sp³-hybridized carbons (Fsp3) is 0.300. The van der Waals surface area contributed by atoms with Gasteiger partial charge in [0.05, 0.1) is 11.7 Å². The zero-order chi connectivity index (χ0) is 18.1. The summed E-state index contributed by atoms with van der Waals surface area (Å²) in [5.74, 6) is 0.888. The highest BCUT2D eigenvalue weighted by molar-refractivity contribution is 6.30. The Morgan fingerprint density at radius 1 is 1.15 bits per heavy atom. The van der Waals surface area contributed by atoms with Crippen molar-refractivity contribution in [3.8, 4) is 5.75 Å². The van der Waals surface area contributed by atoms with Crippen molar-refractivity contribution in [2.45, 2.75) is 18.9 Å². The van der Waals surface area contributed by atoms with E-state index in [1.54, 1.807) is 4.68 Å². The number of carbonyl (C=O) groups excluding carboxylic acids is 1. The maximum Gasteiger partial charge on any atom is 0.253 e. The van der Waals surface area contributed by atoms with Gasteiger partial charge in [-0.15, -0.1) is 0 Å². The van der Waals surface area contributed by atoms with E-state index in [-0.39, 0.29) is 12.0 Å². The van der Waals surface area contributed by atoms with E-state index in [0.29, 0.717) is 23.7 Å². The summed E-state index contributed by atoms with van der Waals surface area (Å²) in [6.07, 6.45) is 3.58. The Hall–Kier alpha value is -2.53. The Bertz CT molecular complexity index is 928. The van der Waals surface area contributed by atoms with E-state index in [2.05, 4.69) is 5.10 Å². The number of aromatic nitrogens is 2. The lowest BCUT2D eigenvalue weighted by atomic mass is 10.1. The number of likely N-dealkylation sites (tertiary alicyclic amines) is 1. The normalized spacial score (nSPS) is 15.4. The van der Waals surface area contributed by atoms with Crippen molar-refractivity contribution in [3.63, 3.8) is 0 Å². The Labute approximate surface area is 157 Å². The quantitative estimate of drug-likeness (QED) is 0.703. The lowest BCUT2D eigenvalue weighted by Crippen LogP contribution is -2.41. The second-order valence-corrected chi connectivity index (χ2v) is 7.04. The number of amides is 1. The number of hydrogen-bond donors (Lipinski definition) is 0. The Kier molecular flexibility index (Phi) is 4.55. The fourth-order valence-electron chi connectivity index (χ4n) is 3.34. The Morgan fingerprint density at radius 3 is 2.62 bits per heavy atom. The van der Waals surface area contributed by atoms with Crippen LogP contribution >= 0.6 is 11.6 Å². The maximum absolute atomic E-state index is 12.8. The molecule has 1 aliphatic heterocycles. The molecule has 1 aliphatic rings. The number of ether oxygens (including phenoxy) is 1. The molecule has 1 saturated heterocycles. The van der Waals surface area contributed by atoms with Crippen LogP contribution < -0.4 is 4.74 Å². The molecule has 1 amide bonds. The molecular weight excluding hydrogens is 350 g/mol. The number of carbonyl (C=O) groups is 1. The van der Waals surface area contributed by atoms with Crippen molar-refractivity contribution in [1.29, 1.82) is 0 Å². The molecular formula is C20H20ClN3O2. The molecule has 4 rings (SSSR count). The molecule has 0 N–H and O–H groups in total. The van der Waals surface area contributed by atoms with Crippen molar-refractivity contribution in [2.24, 2.45) is 7.05 Å². The van der Waals surface area contributed by atoms with Crippen LogP contribution in [-0.4, -0.2) is 39.8 Å². The van der Waals surface area contributed by atoms with Crippen molar-refractivity contribution in [3.05, 3.63) is 59.2 Å². The van der Waals surface area contributed by atoms with Crippen LogP contribution in [0, 0.1) is 0 Å². The Morgan fingerprint density at radius 2 is 1.88 bits per heavy atom. The molecule has 5 nitrogen and oxygen atoms in total. The SMILES string of the molecule is Cn1ncc2ccc(C(=O)N3CCC(Oc4ccc(Cl)cc4)CC3)cc21. The summed E-state index contributed by atoms with van der Waals surface area (Å²) in [6.45, 7) is 1.39. The van der Waals surface area contributed by atoms with Crippen LogP contribution in [0.1, 0.15) is 23.2 Å². The van der Waals surface area contributed by atoms with E-state index >= 15 is 0 Å². The second kappa shape index (κ2) is 7.00. The number of rotatable bonds is 3. The fourth-order valence-corrected chi connectivity index (χ4v) is 3.47. The van der Waals surface area contributed by atoms with E-state index in [1.165, 1.54) is 0 Å². The number of halogens is 1. The molecule has 0 atom stereocenters. The van der Waals surface area contributed by atoms with E-state index in [0.717, 1.165) is 29.5 Å². The van der Waals surface area contributed by atoms with Crippen LogP contribution in [0.15, 0.2) is 48.7 Å². The standard InChI is InChI=1S/C20H20ClN3O2/c1-23-19-12-14(2-3-15(19)13-22-23)20(25)24-10-8-18(9-11-24)26-17-6-4-16(21)5-7-17/h2-7,12-13,18H,8-11H2,1H3. The first-order chi connectivity index (χ1) is 12.6. The zero-order valence-corrected chi connectivity index (χ0v) is 15.3. The van der Waals surface area contributed by atoms with Gasteiger partial charge in [-0.05, 0) is 36.4 Å². The molecule has 0 radical (unpaired) electrons. The van der Waals surface area contributed by atoms with Crippen LogP contribution in [0.3, 0.4) is 0 Å². The third-order valence-electron chi connectivity index (χ3n) is 4.84. The van der Waals surface area contributed by atoms with Gasteiger partial charge in [0.2, 0.25) is 0 Å². The largest absolute Gasteiger partial charge is 0.490 e. The highest BCUT2D eigenvalue weighted by atomic mass is 35.5. The van der Waals surface area contributed by atoms with Gasteiger partial charge in [-0.25, -0.2) is 0 Å². The molecule has 2 heterocycles. The average Bonchev–Trinajstić information content (AvgIpc) is 3.04. The summed E-state index contributed by atoms with van der Waals surface area (Å²) in [4.78, 5) is 14.7. The lowest BCUT2D eigenvalue weighted by molar-refractivity contribution is 0.0595. The number of piperidine rings is 1. The van der Waals surface area contributed by atoms with Gasteiger partial charge in [-0.2, -0.15) is 5.10 Å². The van der Waals surface area contributed by atoms with Crippen molar-refractivity contribution >= 4 is 28.4 Å². The first kappa shape index (κ1) is 16.9. The highest BCUT2D eigenvalue weighted by Crippen LogP contribution is 2.23. The second-order valence-electron chi connectivity index (χ2n) is 6.61. The first-order valence-electron chi connectivity index (χ1n) is 8.73. The molecule has 3 aromatic rings. The van der Waals surface area contributed by atoms with Gasteiger partial charge in [-0.3, -0.25) is 9.48 Å². The topological polar surface area (TPSA) is 47.4 Å². The molecule has 0 spiro atoms. The summed E-state index contributed by atoms with van der Waals surface area (Å²) in [5, 5.41) is 5.97. The predicted molar refractivity (Wildman–Crippen MR) is 102 cm³/mol. The number of nitrogens with zero attached hydrogens (tertiary/aromatic N) is 3. The third kappa shape index (κ3) is 3.40. The maximum atomic E-state index is 12.8. The van der Waals surface area contributed by atoms with Crippen molar-refractivity contribution in [1.82, 2.24) is 14.7 Å². The number of aryl methyl sites for hydroxylation is 1. The van der Waals surface area contributed by atoms with Gasteiger partial charge < -0.3 is 9.64 Å². The van der Waals surface area contributed by atoms with Crippen LogP contribution in [0.25, 0.3) is 10.9 Å². The minimum Gasteiger partial charge on any atom is -0.490 e. The molecule has 0 bridgehead atoms. The monoisotopic (exact) mass is 369 g/mol. The van der Waals surface area contributed by atoms with Gasteiger partial charge in [-0.1, -0.05) is 17.7 Å². The zero-order valence-electron chi connectivity index (χ0n) is 14.6. The number of fused-ring (bicyclic) bond motifs is 1. The lowest BCUT2D eigenvalue weighted by Gasteiger charge is -2.32. The number of benzene rings is 2. The minimum absolute atomic E-state index is 0.0676. The van der Waals surface area contributed by atoms with Crippen LogP contribution in [0.2, 0.25) is 5.02 Å². The molecule has 26 heavy (non-hydrogen) atoms. The van der Waals surface area contributed by atoms with Gasteiger partial charge in [0, 0.05) is 49.0 Å². The van der Waals surface area contributed by atoms with Gasteiger partial charge in [0.1, 0.15) is 11.9 Å². The van der Waals surface area contributed by atoms with E-state index in [1.807, 2.05) is 60.6 Å². The highest BCUT2D eigenvalue weighted by Gasteiger charge is 2.25. The van der Waals surface area contributed by atoms with E-state index in [9.17, 15) is 4.79 Å². The van der Waals surface area contributed by atoms with E-state index < -0.39 is 0 Å². The molecule has 0 saturated carbocycles. The van der Waals surface area contributed by atoms with Crippen LogP contribution in [0.4, 0.5) is 0 Å². The van der Waals surface area contributed by atoms with Crippen LogP contribution in [0.5, 0.6) is 5.75 Å². The Balaban J connectivity index is 1.39.